The Kier molecular flexibility index (Phi) is 7.07. The van der Waals surface area contributed by atoms with Crippen molar-refractivity contribution < 1.29 is 4.74 Å². The number of methoxy groups -OCH3 is 1. The van der Waals surface area contributed by atoms with Gasteiger partial charge in [0.25, 0.3) is 0 Å². The SMILES string of the molecule is COc1cccc(CCCN=C(N)NC2CCCCCC2)c1. The third kappa shape index (κ3) is 5.96. The first-order valence-electron chi connectivity index (χ1n) is 8.47. The average molecular weight is 303 g/mol. The summed E-state index contributed by atoms with van der Waals surface area (Å²) in [5.41, 5.74) is 7.28. The highest BCUT2D eigenvalue weighted by Crippen LogP contribution is 2.17. The van der Waals surface area contributed by atoms with Crippen molar-refractivity contribution in [2.75, 3.05) is 13.7 Å². The Morgan fingerprint density at radius 1 is 1.27 bits per heavy atom. The molecule has 0 atom stereocenters. The average Bonchev–Trinajstić information content (AvgIpc) is 2.80. The van der Waals surface area contributed by atoms with Gasteiger partial charge in [0.2, 0.25) is 0 Å². The number of benzene rings is 1. The summed E-state index contributed by atoms with van der Waals surface area (Å²) in [6.07, 6.45) is 9.77. The van der Waals surface area contributed by atoms with Crippen LogP contribution < -0.4 is 15.8 Å². The van der Waals surface area contributed by atoms with Crippen molar-refractivity contribution in [3.63, 3.8) is 0 Å². The van der Waals surface area contributed by atoms with Gasteiger partial charge in [-0.15, -0.1) is 0 Å². The molecule has 1 aromatic rings. The Morgan fingerprint density at radius 2 is 2.05 bits per heavy atom. The fraction of sp³-hybridized carbons (Fsp3) is 0.611. The van der Waals surface area contributed by atoms with E-state index in [9.17, 15) is 0 Å². The highest BCUT2D eigenvalue weighted by molar-refractivity contribution is 5.78. The van der Waals surface area contributed by atoms with Crippen LogP contribution in [0.25, 0.3) is 0 Å². The van der Waals surface area contributed by atoms with Gasteiger partial charge in [0.1, 0.15) is 5.75 Å². The molecule has 1 saturated carbocycles. The van der Waals surface area contributed by atoms with Crippen LogP contribution in [0, 0.1) is 0 Å². The Morgan fingerprint density at radius 3 is 2.77 bits per heavy atom. The van der Waals surface area contributed by atoms with E-state index in [-0.39, 0.29) is 0 Å². The Labute approximate surface area is 134 Å². The van der Waals surface area contributed by atoms with E-state index in [0.717, 1.165) is 25.1 Å². The molecule has 0 aliphatic heterocycles. The molecule has 1 aliphatic rings. The van der Waals surface area contributed by atoms with Crippen LogP contribution in [-0.2, 0) is 6.42 Å². The molecular formula is C18H29N3O. The minimum atomic E-state index is 0.518. The van der Waals surface area contributed by atoms with Gasteiger partial charge in [-0.1, -0.05) is 37.8 Å². The van der Waals surface area contributed by atoms with Crippen LogP contribution >= 0.6 is 0 Å². The molecular weight excluding hydrogens is 274 g/mol. The number of aryl methyl sites for hydroxylation is 1. The van der Waals surface area contributed by atoms with Gasteiger partial charge < -0.3 is 15.8 Å². The fourth-order valence-electron chi connectivity index (χ4n) is 2.99. The van der Waals surface area contributed by atoms with Crippen molar-refractivity contribution in [3.8, 4) is 5.75 Å². The standard InChI is InChI=1S/C18H29N3O/c1-22-17-12-6-8-15(14-17)9-7-13-20-18(19)21-16-10-4-2-3-5-11-16/h6,8,12,14,16H,2-5,7,9-11,13H2,1H3,(H3,19,20,21). The molecule has 0 bridgehead atoms. The molecule has 0 aromatic heterocycles. The van der Waals surface area contributed by atoms with Gasteiger partial charge in [0.15, 0.2) is 5.96 Å². The second-order valence-electron chi connectivity index (χ2n) is 6.05. The molecule has 0 heterocycles. The van der Waals surface area contributed by atoms with Crippen LogP contribution in [-0.4, -0.2) is 25.7 Å². The Bertz CT molecular complexity index is 465. The zero-order valence-electron chi connectivity index (χ0n) is 13.7. The van der Waals surface area contributed by atoms with Gasteiger partial charge >= 0.3 is 0 Å². The van der Waals surface area contributed by atoms with E-state index in [1.165, 1.54) is 44.1 Å². The van der Waals surface area contributed by atoms with Crippen molar-refractivity contribution in [2.45, 2.75) is 57.4 Å². The zero-order chi connectivity index (χ0) is 15.6. The van der Waals surface area contributed by atoms with E-state index >= 15 is 0 Å². The number of nitrogens with one attached hydrogen (secondary N) is 1. The minimum Gasteiger partial charge on any atom is -0.497 e. The first kappa shape index (κ1) is 16.7. The van der Waals surface area contributed by atoms with Gasteiger partial charge in [0.05, 0.1) is 7.11 Å². The lowest BCUT2D eigenvalue weighted by atomic mass is 10.1. The van der Waals surface area contributed by atoms with E-state index in [0.29, 0.717) is 12.0 Å². The molecule has 4 nitrogen and oxygen atoms in total. The van der Waals surface area contributed by atoms with Crippen molar-refractivity contribution in [1.82, 2.24) is 5.32 Å². The van der Waals surface area contributed by atoms with E-state index in [4.69, 9.17) is 10.5 Å². The molecule has 2 rings (SSSR count). The monoisotopic (exact) mass is 303 g/mol. The molecule has 1 aliphatic carbocycles. The molecule has 1 aromatic carbocycles. The lowest BCUT2D eigenvalue weighted by Gasteiger charge is -2.16. The number of guanidine groups is 1. The highest BCUT2D eigenvalue weighted by Gasteiger charge is 2.11. The largest absolute Gasteiger partial charge is 0.497 e. The summed E-state index contributed by atoms with van der Waals surface area (Å²) in [5.74, 6) is 1.52. The third-order valence-electron chi connectivity index (χ3n) is 4.25. The van der Waals surface area contributed by atoms with E-state index in [2.05, 4.69) is 22.4 Å². The van der Waals surface area contributed by atoms with Crippen molar-refractivity contribution in [2.24, 2.45) is 10.7 Å². The number of aliphatic imine (C=N–C) groups is 1. The summed E-state index contributed by atoms with van der Waals surface area (Å²) in [5, 5.41) is 3.38. The molecule has 0 radical (unpaired) electrons. The number of hydrogen-bond acceptors (Lipinski definition) is 2. The number of hydrogen-bond donors (Lipinski definition) is 2. The van der Waals surface area contributed by atoms with Crippen molar-refractivity contribution in [1.29, 1.82) is 0 Å². The highest BCUT2D eigenvalue weighted by atomic mass is 16.5. The predicted octanol–water partition coefficient (Wildman–Crippen LogP) is 3.25. The summed E-state index contributed by atoms with van der Waals surface area (Å²) < 4.78 is 5.24. The number of rotatable bonds is 6. The lowest BCUT2D eigenvalue weighted by molar-refractivity contribution is 0.414. The van der Waals surface area contributed by atoms with E-state index < -0.39 is 0 Å². The van der Waals surface area contributed by atoms with Crippen molar-refractivity contribution >= 4 is 5.96 Å². The van der Waals surface area contributed by atoms with Crippen LogP contribution in [0.2, 0.25) is 0 Å². The summed E-state index contributed by atoms with van der Waals surface area (Å²) in [6.45, 7) is 0.767. The predicted molar refractivity (Wildman–Crippen MR) is 92.4 cm³/mol. The van der Waals surface area contributed by atoms with E-state index in [1.807, 2.05) is 12.1 Å². The minimum absolute atomic E-state index is 0.518. The molecule has 0 unspecified atom stereocenters. The lowest BCUT2D eigenvalue weighted by Crippen LogP contribution is -2.39. The first-order chi connectivity index (χ1) is 10.8. The first-order valence-corrected chi connectivity index (χ1v) is 8.47. The van der Waals surface area contributed by atoms with E-state index in [1.54, 1.807) is 7.11 Å². The summed E-state index contributed by atoms with van der Waals surface area (Å²) in [4.78, 5) is 4.46. The summed E-state index contributed by atoms with van der Waals surface area (Å²) in [7, 11) is 1.70. The molecule has 0 saturated heterocycles. The maximum absolute atomic E-state index is 6.00. The number of nitrogens with two attached hydrogens (primary N) is 1. The van der Waals surface area contributed by atoms with Crippen LogP contribution in [0.1, 0.15) is 50.5 Å². The van der Waals surface area contributed by atoms with Crippen LogP contribution in [0.3, 0.4) is 0 Å². The smallest absolute Gasteiger partial charge is 0.188 e. The molecule has 4 heteroatoms. The maximum atomic E-state index is 6.00. The molecule has 3 N–H and O–H groups in total. The van der Waals surface area contributed by atoms with Gasteiger partial charge in [0, 0.05) is 12.6 Å². The van der Waals surface area contributed by atoms with Gasteiger partial charge in [-0.05, 0) is 43.4 Å². The van der Waals surface area contributed by atoms with Crippen LogP contribution in [0.15, 0.2) is 29.3 Å². The van der Waals surface area contributed by atoms with Gasteiger partial charge in [-0.2, -0.15) is 0 Å². The van der Waals surface area contributed by atoms with Crippen LogP contribution in [0.5, 0.6) is 5.75 Å². The number of ether oxygens (including phenoxy) is 1. The summed E-state index contributed by atoms with van der Waals surface area (Å²) >= 11 is 0. The Balaban J connectivity index is 1.69. The molecule has 22 heavy (non-hydrogen) atoms. The van der Waals surface area contributed by atoms with Crippen molar-refractivity contribution in [3.05, 3.63) is 29.8 Å². The number of nitrogens with zero attached hydrogens (tertiary/aromatic N) is 1. The second-order valence-corrected chi connectivity index (χ2v) is 6.05. The fourth-order valence-corrected chi connectivity index (χ4v) is 2.99. The second kappa shape index (κ2) is 9.34. The molecule has 0 spiro atoms. The topological polar surface area (TPSA) is 59.6 Å². The quantitative estimate of drug-likeness (QED) is 0.367. The third-order valence-corrected chi connectivity index (χ3v) is 4.25. The Hall–Kier alpha value is -1.71. The normalized spacial score (nSPS) is 17.0. The van der Waals surface area contributed by atoms with Crippen LogP contribution in [0.4, 0.5) is 0 Å². The molecule has 0 amide bonds. The summed E-state index contributed by atoms with van der Waals surface area (Å²) in [6, 6.07) is 8.72. The van der Waals surface area contributed by atoms with Gasteiger partial charge in [-0.25, -0.2) is 0 Å². The van der Waals surface area contributed by atoms with Gasteiger partial charge in [-0.3, -0.25) is 4.99 Å². The maximum Gasteiger partial charge on any atom is 0.188 e. The molecule has 122 valence electrons. The molecule has 1 fully saturated rings. The zero-order valence-corrected chi connectivity index (χ0v) is 13.7.